The predicted molar refractivity (Wildman–Crippen MR) is 70.3 cm³/mol. The van der Waals surface area contributed by atoms with E-state index in [-0.39, 0.29) is 6.10 Å². The summed E-state index contributed by atoms with van der Waals surface area (Å²) in [5, 5.41) is 3.33. The van der Waals surface area contributed by atoms with E-state index in [4.69, 9.17) is 4.74 Å². The van der Waals surface area contributed by atoms with Gasteiger partial charge in [0.05, 0.1) is 24.6 Å². The molecule has 1 fully saturated rings. The molecule has 0 spiro atoms. The third kappa shape index (κ3) is 2.60. The molecule has 0 saturated carbocycles. The summed E-state index contributed by atoms with van der Waals surface area (Å²) in [4.78, 5) is 7.78. The van der Waals surface area contributed by atoms with Gasteiger partial charge in [-0.25, -0.2) is 4.98 Å². The molecule has 1 unspecified atom stereocenters. The highest BCUT2D eigenvalue weighted by atomic mass is 16.5. The van der Waals surface area contributed by atoms with E-state index in [9.17, 15) is 0 Å². The first-order chi connectivity index (χ1) is 8.92. The first-order valence-electron chi connectivity index (χ1n) is 6.33. The van der Waals surface area contributed by atoms with Crippen LogP contribution in [-0.4, -0.2) is 35.8 Å². The summed E-state index contributed by atoms with van der Waals surface area (Å²) in [6, 6.07) is 10.2. The number of morpholine rings is 1. The minimum absolute atomic E-state index is 0.230. The average molecular weight is 243 g/mol. The van der Waals surface area contributed by atoms with E-state index in [0.29, 0.717) is 0 Å². The fraction of sp³-hybridized carbons (Fsp3) is 0.357. The maximum absolute atomic E-state index is 5.67. The van der Waals surface area contributed by atoms with Gasteiger partial charge in [0.15, 0.2) is 0 Å². The molecule has 1 aliphatic heterocycles. The van der Waals surface area contributed by atoms with Gasteiger partial charge < -0.3 is 15.0 Å². The molecule has 0 radical (unpaired) electrons. The zero-order chi connectivity index (χ0) is 12.2. The van der Waals surface area contributed by atoms with Crippen LogP contribution in [0.25, 0.3) is 11.3 Å². The maximum atomic E-state index is 5.67. The second kappa shape index (κ2) is 5.33. The molecule has 0 amide bonds. The van der Waals surface area contributed by atoms with Gasteiger partial charge in [-0.05, 0) is 5.56 Å². The number of benzene rings is 1. The van der Waals surface area contributed by atoms with E-state index in [2.05, 4.69) is 27.4 Å². The van der Waals surface area contributed by atoms with Crippen molar-refractivity contribution in [3.05, 3.63) is 42.4 Å². The lowest BCUT2D eigenvalue weighted by Crippen LogP contribution is -2.39. The van der Waals surface area contributed by atoms with Crippen LogP contribution < -0.4 is 5.32 Å². The molecule has 18 heavy (non-hydrogen) atoms. The van der Waals surface area contributed by atoms with Crippen molar-refractivity contribution in [2.75, 3.05) is 19.7 Å². The van der Waals surface area contributed by atoms with Crippen LogP contribution in [0, 0.1) is 0 Å². The lowest BCUT2D eigenvalue weighted by molar-refractivity contribution is 0.0281. The van der Waals surface area contributed by atoms with Crippen molar-refractivity contribution in [3.8, 4) is 11.3 Å². The number of imidazole rings is 1. The van der Waals surface area contributed by atoms with Gasteiger partial charge in [0, 0.05) is 19.5 Å². The molecule has 1 aromatic heterocycles. The van der Waals surface area contributed by atoms with E-state index in [1.807, 2.05) is 24.4 Å². The normalized spacial score (nSPS) is 19.9. The Morgan fingerprint density at radius 1 is 1.28 bits per heavy atom. The lowest BCUT2D eigenvalue weighted by Gasteiger charge is -2.22. The van der Waals surface area contributed by atoms with Crippen LogP contribution >= 0.6 is 0 Å². The quantitative estimate of drug-likeness (QED) is 0.861. The fourth-order valence-electron chi connectivity index (χ4n) is 2.20. The first-order valence-corrected chi connectivity index (χ1v) is 6.33. The van der Waals surface area contributed by atoms with Gasteiger partial charge in [0.1, 0.15) is 5.82 Å². The highest BCUT2D eigenvalue weighted by molar-refractivity contribution is 5.57. The molecule has 0 bridgehead atoms. The fourth-order valence-corrected chi connectivity index (χ4v) is 2.20. The van der Waals surface area contributed by atoms with Crippen LogP contribution in [0.2, 0.25) is 0 Å². The number of H-pyrrole nitrogens is 1. The van der Waals surface area contributed by atoms with E-state index >= 15 is 0 Å². The highest BCUT2D eigenvalue weighted by Gasteiger charge is 2.15. The Labute approximate surface area is 106 Å². The van der Waals surface area contributed by atoms with Crippen molar-refractivity contribution in [1.29, 1.82) is 0 Å². The summed E-state index contributed by atoms with van der Waals surface area (Å²) in [7, 11) is 0. The van der Waals surface area contributed by atoms with Crippen molar-refractivity contribution in [2.45, 2.75) is 12.5 Å². The van der Waals surface area contributed by atoms with Gasteiger partial charge in [-0.15, -0.1) is 0 Å². The SMILES string of the molecule is c1ccc(-c2cnc(CC3CNCCO3)[nH]2)cc1. The molecule has 1 saturated heterocycles. The van der Waals surface area contributed by atoms with Crippen LogP contribution in [0.4, 0.5) is 0 Å². The number of hydrogen-bond donors (Lipinski definition) is 2. The molecule has 2 aromatic rings. The molecule has 4 nitrogen and oxygen atoms in total. The van der Waals surface area contributed by atoms with E-state index < -0.39 is 0 Å². The summed E-state index contributed by atoms with van der Waals surface area (Å²) < 4.78 is 5.67. The zero-order valence-corrected chi connectivity index (χ0v) is 10.2. The van der Waals surface area contributed by atoms with Gasteiger partial charge in [-0.1, -0.05) is 30.3 Å². The van der Waals surface area contributed by atoms with Crippen LogP contribution in [-0.2, 0) is 11.2 Å². The zero-order valence-electron chi connectivity index (χ0n) is 10.2. The third-order valence-corrected chi connectivity index (χ3v) is 3.14. The number of rotatable bonds is 3. The number of aromatic amines is 1. The number of nitrogens with zero attached hydrogens (tertiary/aromatic N) is 1. The molecular weight excluding hydrogens is 226 g/mol. The van der Waals surface area contributed by atoms with Gasteiger partial charge in [0.25, 0.3) is 0 Å². The third-order valence-electron chi connectivity index (χ3n) is 3.14. The molecule has 1 aromatic carbocycles. The largest absolute Gasteiger partial charge is 0.375 e. The molecule has 94 valence electrons. The van der Waals surface area contributed by atoms with Crippen LogP contribution in [0.15, 0.2) is 36.5 Å². The summed E-state index contributed by atoms with van der Waals surface area (Å²) in [6.45, 7) is 2.64. The van der Waals surface area contributed by atoms with Crippen molar-refractivity contribution < 1.29 is 4.74 Å². The molecule has 0 aliphatic carbocycles. The second-order valence-corrected chi connectivity index (χ2v) is 4.51. The van der Waals surface area contributed by atoms with Crippen molar-refractivity contribution in [1.82, 2.24) is 15.3 Å². The number of nitrogens with one attached hydrogen (secondary N) is 2. The Morgan fingerprint density at radius 3 is 2.94 bits per heavy atom. The monoisotopic (exact) mass is 243 g/mol. The number of hydrogen-bond acceptors (Lipinski definition) is 3. The molecule has 1 aliphatic rings. The molecule has 1 atom stereocenters. The molecule has 2 N–H and O–H groups in total. The van der Waals surface area contributed by atoms with Crippen LogP contribution in [0.3, 0.4) is 0 Å². The van der Waals surface area contributed by atoms with Gasteiger partial charge >= 0.3 is 0 Å². The summed E-state index contributed by atoms with van der Waals surface area (Å²) >= 11 is 0. The smallest absolute Gasteiger partial charge is 0.109 e. The summed E-state index contributed by atoms with van der Waals surface area (Å²) in [5.41, 5.74) is 2.23. The summed E-state index contributed by atoms with van der Waals surface area (Å²) in [5.74, 6) is 0.988. The van der Waals surface area contributed by atoms with E-state index in [1.54, 1.807) is 0 Å². The van der Waals surface area contributed by atoms with Crippen molar-refractivity contribution in [2.24, 2.45) is 0 Å². The van der Waals surface area contributed by atoms with Crippen LogP contribution in [0.1, 0.15) is 5.82 Å². The minimum atomic E-state index is 0.230. The van der Waals surface area contributed by atoms with E-state index in [1.165, 1.54) is 5.56 Å². The highest BCUT2D eigenvalue weighted by Crippen LogP contribution is 2.17. The Balaban J connectivity index is 1.69. The Kier molecular flexibility index (Phi) is 3.39. The molecule has 3 rings (SSSR count). The standard InChI is InChI=1S/C14H17N3O/c1-2-4-11(5-3-1)13-10-16-14(17-13)8-12-9-15-6-7-18-12/h1-5,10,12,15H,6-9H2,(H,16,17). The van der Waals surface area contributed by atoms with Crippen molar-refractivity contribution in [3.63, 3.8) is 0 Å². The minimum Gasteiger partial charge on any atom is -0.375 e. The second-order valence-electron chi connectivity index (χ2n) is 4.51. The van der Waals surface area contributed by atoms with Crippen molar-refractivity contribution >= 4 is 0 Å². The topological polar surface area (TPSA) is 49.9 Å². The van der Waals surface area contributed by atoms with E-state index in [0.717, 1.165) is 37.6 Å². The maximum Gasteiger partial charge on any atom is 0.109 e. The van der Waals surface area contributed by atoms with Gasteiger partial charge in [-0.2, -0.15) is 0 Å². The first kappa shape index (κ1) is 11.4. The van der Waals surface area contributed by atoms with Crippen LogP contribution in [0.5, 0.6) is 0 Å². The predicted octanol–water partition coefficient (Wildman–Crippen LogP) is 1.61. The molecule has 4 heteroatoms. The van der Waals surface area contributed by atoms with Gasteiger partial charge in [0.2, 0.25) is 0 Å². The number of ether oxygens (including phenoxy) is 1. The molecular formula is C14H17N3O. The molecule has 2 heterocycles. The average Bonchev–Trinajstić information content (AvgIpc) is 2.89. The van der Waals surface area contributed by atoms with Gasteiger partial charge in [-0.3, -0.25) is 0 Å². The summed E-state index contributed by atoms with van der Waals surface area (Å²) in [6.07, 6.45) is 2.95. The lowest BCUT2D eigenvalue weighted by atomic mass is 10.2. The number of aromatic nitrogens is 2. The Hall–Kier alpha value is -1.65. The Morgan fingerprint density at radius 2 is 2.17 bits per heavy atom. The Bertz CT molecular complexity index is 489.